The minimum atomic E-state index is 0.206. The summed E-state index contributed by atoms with van der Waals surface area (Å²) in [7, 11) is 5.29. The van der Waals surface area contributed by atoms with Gasteiger partial charge in [-0.3, -0.25) is 0 Å². The molecular formula is C19H23NO3. The van der Waals surface area contributed by atoms with Gasteiger partial charge in [0, 0.05) is 23.7 Å². The molecule has 1 N–H and O–H groups in total. The number of methoxy groups -OCH3 is 2. The molecule has 2 aromatic rings. The Balaban J connectivity index is 2.04. The van der Waals surface area contributed by atoms with Gasteiger partial charge in [0.1, 0.15) is 23.4 Å². The molecule has 23 heavy (non-hydrogen) atoms. The van der Waals surface area contributed by atoms with Gasteiger partial charge in [-0.2, -0.15) is 0 Å². The fraction of sp³-hybridized carbons (Fsp3) is 0.368. The molecule has 0 spiro atoms. The largest absolute Gasteiger partial charge is 0.497 e. The van der Waals surface area contributed by atoms with Crippen molar-refractivity contribution in [3.8, 4) is 28.4 Å². The Kier molecular flexibility index (Phi) is 4.72. The zero-order valence-electron chi connectivity index (χ0n) is 13.9. The Morgan fingerprint density at radius 3 is 2.74 bits per heavy atom. The van der Waals surface area contributed by atoms with E-state index >= 15 is 0 Å². The van der Waals surface area contributed by atoms with Crippen LogP contribution in [0.4, 0.5) is 0 Å². The third kappa shape index (κ3) is 3.13. The normalized spacial score (nSPS) is 16.4. The number of hydrogen-bond acceptors (Lipinski definition) is 4. The number of hydrogen-bond donors (Lipinski definition) is 1. The summed E-state index contributed by atoms with van der Waals surface area (Å²) in [6, 6.07) is 12.2. The second-order valence-corrected chi connectivity index (χ2v) is 5.70. The van der Waals surface area contributed by atoms with Gasteiger partial charge in [-0.05, 0) is 37.6 Å². The summed E-state index contributed by atoms with van der Waals surface area (Å²) < 4.78 is 17.1. The molecule has 0 bridgehead atoms. The molecule has 1 aliphatic rings. The number of likely N-dealkylation sites (N-methyl/N-ethyl adjacent to an activating group) is 1. The molecular weight excluding hydrogens is 290 g/mol. The van der Waals surface area contributed by atoms with Crippen LogP contribution in [0.2, 0.25) is 0 Å². The van der Waals surface area contributed by atoms with Gasteiger partial charge >= 0.3 is 0 Å². The molecule has 1 aliphatic heterocycles. The Hall–Kier alpha value is -2.20. The van der Waals surface area contributed by atoms with Crippen LogP contribution in [0.1, 0.15) is 12.0 Å². The van der Waals surface area contributed by atoms with Crippen LogP contribution < -0.4 is 19.5 Å². The predicted octanol–water partition coefficient (Wildman–Crippen LogP) is 3.28. The maximum absolute atomic E-state index is 6.26. The molecule has 0 saturated heterocycles. The zero-order chi connectivity index (χ0) is 16.2. The molecule has 0 amide bonds. The number of nitrogens with one attached hydrogen (secondary N) is 1. The van der Waals surface area contributed by atoms with Crippen molar-refractivity contribution in [1.82, 2.24) is 5.32 Å². The van der Waals surface area contributed by atoms with Gasteiger partial charge in [0.15, 0.2) is 0 Å². The third-order valence-electron chi connectivity index (χ3n) is 4.25. The minimum Gasteiger partial charge on any atom is -0.497 e. The quantitative estimate of drug-likeness (QED) is 0.919. The first-order valence-corrected chi connectivity index (χ1v) is 7.92. The Labute approximate surface area is 137 Å². The summed E-state index contributed by atoms with van der Waals surface area (Å²) in [5.74, 6) is 2.55. The van der Waals surface area contributed by atoms with Gasteiger partial charge in [-0.25, -0.2) is 0 Å². The van der Waals surface area contributed by atoms with E-state index in [0.717, 1.165) is 47.8 Å². The summed E-state index contributed by atoms with van der Waals surface area (Å²) in [6.45, 7) is 0.855. The number of rotatable bonds is 5. The van der Waals surface area contributed by atoms with E-state index in [1.54, 1.807) is 14.2 Å². The van der Waals surface area contributed by atoms with Crippen molar-refractivity contribution in [2.45, 2.75) is 18.9 Å². The van der Waals surface area contributed by atoms with Crippen LogP contribution in [0.15, 0.2) is 36.4 Å². The minimum absolute atomic E-state index is 0.206. The first-order valence-electron chi connectivity index (χ1n) is 7.92. The first kappa shape index (κ1) is 15.7. The van der Waals surface area contributed by atoms with Crippen LogP contribution in [-0.4, -0.2) is 33.9 Å². The van der Waals surface area contributed by atoms with Gasteiger partial charge < -0.3 is 19.5 Å². The highest BCUT2D eigenvalue weighted by Crippen LogP contribution is 2.42. The van der Waals surface area contributed by atoms with Crippen LogP contribution in [0.25, 0.3) is 11.1 Å². The molecule has 2 aromatic carbocycles. The smallest absolute Gasteiger partial charge is 0.130 e. The Morgan fingerprint density at radius 1 is 1.13 bits per heavy atom. The lowest BCUT2D eigenvalue weighted by molar-refractivity contribution is 0.174. The lowest BCUT2D eigenvalue weighted by atomic mass is 9.95. The molecule has 1 atom stereocenters. The summed E-state index contributed by atoms with van der Waals surface area (Å²) in [5, 5.41) is 3.20. The van der Waals surface area contributed by atoms with Crippen molar-refractivity contribution >= 4 is 0 Å². The van der Waals surface area contributed by atoms with Crippen molar-refractivity contribution in [2.24, 2.45) is 0 Å². The highest BCUT2D eigenvalue weighted by Gasteiger charge is 2.23. The molecule has 0 unspecified atom stereocenters. The van der Waals surface area contributed by atoms with Crippen LogP contribution in [0, 0.1) is 0 Å². The average Bonchev–Trinajstić information content (AvgIpc) is 2.61. The average molecular weight is 313 g/mol. The van der Waals surface area contributed by atoms with Crippen molar-refractivity contribution in [3.63, 3.8) is 0 Å². The van der Waals surface area contributed by atoms with Crippen molar-refractivity contribution < 1.29 is 14.2 Å². The predicted molar refractivity (Wildman–Crippen MR) is 91.6 cm³/mol. The topological polar surface area (TPSA) is 39.7 Å². The summed E-state index contributed by atoms with van der Waals surface area (Å²) in [4.78, 5) is 0. The van der Waals surface area contributed by atoms with Crippen molar-refractivity contribution in [1.29, 1.82) is 0 Å². The number of aryl methyl sites for hydroxylation is 1. The van der Waals surface area contributed by atoms with Gasteiger partial charge in [0.25, 0.3) is 0 Å². The van der Waals surface area contributed by atoms with Crippen LogP contribution in [-0.2, 0) is 6.42 Å². The molecule has 3 rings (SSSR count). The van der Waals surface area contributed by atoms with E-state index in [2.05, 4.69) is 23.5 Å². The van der Waals surface area contributed by atoms with E-state index in [-0.39, 0.29) is 6.10 Å². The molecule has 0 saturated carbocycles. The second-order valence-electron chi connectivity index (χ2n) is 5.70. The van der Waals surface area contributed by atoms with E-state index in [4.69, 9.17) is 14.2 Å². The fourth-order valence-electron chi connectivity index (χ4n) is 3.07. The van der Waals surface area contributed by atoms with Crippen LogP contribution in [0.3, 0.4) is 0 Å². The third-order valence-corrected chi connectivity index (χ3v) is 4.25. The van der Waals surface area contributed by atoms with Crippen molar-refractivity contribution in [2.75, 3.05) is 27.8 Å². The second kappa shape index (κ2) is 6.92. The van der Waals surface area contributed by atoms with Gasteiger partial charge in [0.05, 0.1) is 14.2 Å². The molecule has 4 heteroatoms. The monoisotopic (exact) mass is 313 g/mol. The summed E-state index contributed by atoms with van der Waals surface area (Å²) >= 11 is 0. The van der Waals surface area contributed by atoms with E-state index in [9.17, 15) is 0 Å². The molecule has 4 nitrogen and oxygen atoms in total. The molecule has 0 aromatic heterocycles. The van der Waals surface area contributed by atoms with Gasteiger partial charge in [0.2, 0.25) is 0 Å². The van der Waals surface area contributed by atoms with E-state index in [1.165, 1.54) is 5.56 Å². The maximum Gasteiger partial charge on any atom is 0.130 e. The van der Waals surface area contributed by atoms with Gasteiger partial charge in [-0.1, -0.05) is 18.2 Å². The highest BCUT2D eigenvalue weighted by molar-refractivity contribution is 5.78. The standard InChI is InChI=1S/C19H23NO3/c1-20-12-15-8-7-13-5-4-6-17(19(13)23-15)16-10-9-14(21-2)11-18(16)22-3/h4-6,9-11,15,20H,7-8,12H2,1-3H3/t15-/m1/s1. The van der Waals surface area contributed by atoms with E-state index in [1.807, 2.05) is 25.2 Å². The zero-order valence-corrected chi connectivity index (χ0v) is 13.9. The number of benzene rings is 2. The number of fused-ring (bicyclic) bond motifs is 1. The van der Waals surface area contributed by atoms with E-state index in [0.29, 0.717) is 0 Å². The van der Waals surface area contributed by atoms with Crippen molar-refractivity contribution in [3.05, 3.63) is 42.0 Å². The lowest BCUT2D eigenvalue weighted by Gasteiger charge is -2.28. The number of ether oxygens (including phenoxy) is 3. The molecule has 1 heterocycles. The van der Waals surface area contributed by atoms with Crippen LogP contribution >= 0.6 is 0 Å². The lowest BCUT2D eigenvalue weighted by Crippen LogP contribution is -2.32. The highest BCUT2D eigenvalue weighted by atomic mass is 16.5. The Morgan fingerprint density at radius 2 is 2.00 bits per heavy atom. The molecule has 122 valence electrons. The Bertz CT molecular complexity index is 684. The molecule has 0 aliphatic carbocycles. The number of para-hydroxylation sites is 1. The molecule has 0 fully saturated rings. The summed E-state index contributed by atoms with van der Waals surface area (Å²) in [5.41, 5.74) is 3.35. The molecule has 0 radical (unpaired) electrons. The first-order chi connectivity index (χ1) is 11.3. The van der Waals surface area contributed by atoms with E-state index < -0.39 is 0 Å². The van der Waals surface area contributed by atoms with Crippen LogP contribution in [0.5, 0.6) is 17.2 Å². The maximum atomic E-state index is 6.26. The summed E-state index contributed by atoms with van der Waals surface area (Å²) in [6.07, 6.45) is 2.28. The van der Waals surface area contributed by atoms with Gasteiger partial charge in [-0.15, -0.1) is 0 Å². The SMILES string of the molecule is CNC[C@H]1CCc2cccc(-c3ccc(OC)cc3OC)c2O1. The fourth-order valence-corrected chi connectivity index (χ4v) is 3.07.